The molecule has 118 valence electrons. The molecule has 0 fully saturated rings. The third-order valence-electron chi connectivity index (χ3n) is 3.30. The van der Waals surface area contributed by atoms with E-state index < -0.39 is 0 Å². The van der Waals surface area contributed by atoms with E-state index in [0.717, 1.165) is 5.75 Å². The third-order valence-corrected chi connectivity index (χ3v) is 4.29. The number of hydrogen-bond donors (Lipinski definition) is 1. The van der Waals surface area contributed by atoms with E-state index in [0.29, 0.717) is 25.1 Å². The smallest absolute Gasteiger partial charge is 0.280 e. The van der Waals surface area contributed by atoms with E-state index in [1.165, 1.54) is 16.5 Å². The maximum atomic E-state index is 12.0. The lowest BCUT2D eigenvalue weighted by atomic mass is 10.2. The van der Waals surface area contributed by atoms with E-state index in [1.54, 1.807) is 23.7 Å². The van der Waals surface area contributed by atoms with Gasteiger partial charge in [-0.2, -0.15) is 5.16 Å². The van der Waals surface area contributed by atoms with Crippen LogP contribution in [0.2, 0.25) is 0 Å². The fourth-order valence-corrected chi connectivity index (χ4v) is 2.85. The third kappa shape index (κ3) is 5.11. The highest BCUT2D eigenvalue weighted by Gasteiger charge is 2.10. The average molecular weight is 320 g/mol. The Balaban J connectivity index is 1.69. The van der Waals surface area contributed by atoms with Crippen LogP contribution in [0.15, 0.2) is 44.5 Å². The molecule has 0 atom stereocenters. The van der Waals surface area contributed by atoms with Crippen molar-refractivity contribution >= 4 is 17.7 Å². The Hall–Kier alpha value is -1.95. The largest absolute Gasteiger partial charge is 0.384 e. The normalized spacial score (nSPS) is 10.6. The molecule has 0 saturated carbocycles. The summed E-state index contributed by atoms with van der Waals surface area (Å²) < 4.78 is 4.93. The lowest BCUT2D eigenvalue weighted by molar-refractivity contribution is -0.129. The number of nitrogens with one attached hydrogen (secondary N) is 1. The summed E-state index contributed by atoms with van der Waals surface area (Å²) in [5, 5.41) is 2.22. The topological polar surface area (TPSA) is 66.3 Å². The van der Waals surface area contributed by atoms with Gasteiger partial charge in [-0.05, 0) is 19.1 Å². The molecule has 1 aromatic heterocycles. The zero-order chi connectivity index (χ0) is 15.9. The fourth-order valence-electron chi connectivity index (χ4n) is 1.92. The SMILES string of the molecule is Cc1ccc(SCCN(C)C(=O)CCc2cc(=O)[nH]o2)cc1. The van der Waals surface area contributed by atoms with Crippen LogP contribution < -0.4 is 5.56 Å². The number of carbonyl (C=O) groups is 1. The summed E-state index contributed by atoms with van der Waals surface area (Å²) in [4.78, 5) is 25.8. The lowest BCUT2D eigenvalue weighted by Gasteiger charge is -2.16. The first kappa shape index (κ1) is 16.4. The first-order valence-electron chi connectivity index (χ1n) is 7.15. The number of hydrogen-bond acceptors (Lipinski definition) is 4. The van der Waals surface area contributed by atoms with Gasteiger partial charge in [0.05, 0.1) is 0 Å². The molecule has 1 aromatic carbocycles. The number of rotatable bonds is 7. The molecule has 0 aliphatic heterocycles. The molecular weight excluding hydrogens is 300 g/mol. The van der Waals surface area contributed by atoms with Crippen molar-refractivity contribution in [2.75, 3.05) is 19.3 Å². The highest BCUT2D eigenvalue weighted by molar-refractivity contribution is 7.99. The van der Waals surface area contributed by atoms with Gasteiger partial charge in [0.15, 0.2) is 0 Å². The van der Waals surface area contributed by atoms with Crippen LogP contribution in [0.4, 0.5) is 0 Å². The second-order valence-electron chi connectivity index (χ2n) is 5.16. The monoisotopic (exact) mass is 320 g/mol. The van der Waals surface area contributed by atoms with Gasteiger partial charge in [-0.15, -0.1) is 11.8 Å². The highest BCUT2D eigenvalue weighted by atomic mass is 32.2. The van der Waals surface area contributed by atoms with E-state index in [4.69, 9.17) is 4.52 Å². The number of aryl methyl sites for hydroxylation is 2. The van der Waals surface area contributed by atoms with Gasteiger partial charge in [0.2, 0.25) is 5.91 Å². The van der Waals surface area contributed by atoms with Crippen LogP contribution in [-0.4, -0.2) is 35.3 Å². The fraction of sp³-hybridized carbons (Fsp3) is 0.375. The summed E-state index contributed by atoms with van der Waals surface area (Å²) in [5.74, 6) is 1.42. The summed E-state index contributed by atoms with van der Waals surface area (Å²) in [6, 6.07) is 9.73. The van der Waals surface area contributed by atoms with Crippen LogP contribution >= 0.6 is 11.8 Å². The predicted octanol–water partition coefficient (Wildman–Crippen LogP) is 2.46. The number of aromatic nitrogens is 1. The molecule has 0 bridgehead atoms. The van der Waals surface area contributed by atoms with Crippen molar-refractivity contribution in [2.24, 2.45) is 0 Å². The van der Waals surface area contributed by atoms with E-state index in [-0.39, 0.29) is 11.5 Å². The maximum absolute atomic E-state index is 12.0. The summed E-state index contributed by atoms with van der Waals surface area (Å²) in [6.45, 7) is 2.75. The Labute approximate surface area is 133 Å². The molecule has 0 spiro atoms. The van der Waals surface area contributed by atoms with Gasteiger partial charge < -0.3 is 9.42 Å². The zero-order valence-electron chi connectivity index (χ0n) is 12.8. The molecular formula is C16H20N2O3S. The van der Waals surface area contributed by atoms with Gasteiger partial charge in [0.1, 0.15) is 5.76 Å². The number of thioether (sulfide) groups is 1. The van der Waals surface area contributed by atoms with Crippen molar-refractivity contribution in [2.45, 2.75) is 24.7 Å². The molecule has 0 aliphatic carbocycles. The highest BCUT2D eigenvalue weighted by Crippen LogP contribution is 2.18. The van der Waals surface area contributed by atoms with Crippen molar-refractivity contribution in [1.82, 2.24) is 10.1 Å². The minimum Gasteiger partial charge on any atom is -0.384 e. The predicted molar refractivity (Wildman–Crippen MR) is 87.2 cm³/mol. The van der Waals surface area contributed by atoms with Crippen molar-refractivity contribution in [3.8, 4) is 0 Å². The van der Waals surface area contributed by atoms with E-state index in [1.807, 2.05) is 0 Å². The molecule has 0 unspecified atom stereocenters. The Morgan fingerprint density at radius 2 is 2.05 bits per heavy atom. The average Bonchev–Trinajstić information content (AvgIpc) is 2.92. The van der Waals surface area contributed by atoms with Crippen molar-refractivity contribution in [1.29, 1.82) is 0 Å². The first-order chi connectivity index (χ1) is 10.5. The van der Waals surface area contributed by atoms with Gasteiger partial charge in [-0.25, -0.2) is 0 Å². The minimum atomic E-state index is -0.273. The van der Waals surface area contributed by atoms with E-state index in [9.17, 15) is 9.59 Å². The van der Waals surface area contributed by atoms with Crippen LogP contribution in [-0.2, 0) is 11.2 Å². The van der Waals surface area contributed by atoms with Gasteiger partial charge in [-0.3, -0.25) is 9.59 Å². The number of nitrogens with zero attached hydrogens (tertiary/aromatic N) is 1. The lowest BCUT2D eigenvalue weighted by Crippen LogP contribution is -2.29. The molecule has 0 radical (unpaired) electrons. The molecule has 1 amide bonds. The van der Waals surface area contributed by atoms with Gasteiger partial charge >= 0.3 is 0 Å². The summed E-state index contributed by atoms with van der Waals surface area (Å²) in [7, 11) is 1.80. The quantitative estimate of drug-likeness (QED) is 0.796. The van der Waals surface area contributed by atoms with Gasteiger partial charge in [-0.1, -0.05) is 17.7 Å². The minimum absolute atomic E-state index is 0.0494. The molecule has 5 nitrogen and oxygen atoms in total. The molecule has 0 saturated heterocycles. The van der Waals surface area contributed by atoms with Crippen molar-refractivity contribution < 1.29 is 9.32 Å². The molecule has 1 N–H and O–H groups in total. The molecule has 2 rings (SSSR count). The molecule has 1 heterocycles. The Morgan fingerprint density at radius 3 is 2.68 bits per heavy atom. The van der Waals surface area contributed by atoms with Gasteiger partial charge in [0.25, 0.3) is 5.56 Å². The first-order valence-corrected chi connectivity index (χ1v) is 8.14. The van der Waals surface area contributed by atoms with Crippen LogP contribution in [0.5, 0.6) is 0 Å². The van der Waals surface area contributed by atoms with Crippen LogP contribution in [0, 0.1) is 6.92 Å². The Bertz CT molecular complexity index is 661. The van der Waals surface area contributed by atoms with Crippen molar-refractivity contribution in [3.63, 3.8) is 0 Å². The molecule has 6 heteroatoms. The van der Waals surface area contributed by atoms with Crippen LogP contribution in [0.3, 0.4) is 0 Å². The van der Waals surface area contributed by atoms with Crippen LogP contribution in [0.25, 0.3) is 0 Å². The second-order valence-corrected chi connectivity index (χ2v) is 6.32. The van der Waals surface area contributed by atoms with E-state index >= 15 is 0 Å². The summed E-state index contributed by atoms with van der Waals surface area (Å²) in [5.41, 5.74) is 0.971. The Kier molecular flexibility index (Phi) is 5.89. The molecule has 2 aromatic rings. The standard InChI is InChI=1S/C16H20N2O3S/c1-12-3-6-14(7-4-12)22-10-9-18(2)16(20)8-5-13-11-15(19)17-21-13/h3-4,6-7,11H,5,8-10H2,1-2H3,(H,17,19). The maximum Gasteiger partial charge on any atom is 0.280 e. The zero-order valence-corrected chi connectivity index (χ0v) is 13.6. The van der Waals surface area contributed by atoms with Crippen LogP contribution in [0.1, 0.15) is 17.7 Å². The second kappa shape index (κ2) is 7.89. The number of H-pyrrole nitrogens is 1. The van der Waals surface area contributed by atoms with Crippen molar-refractivity contribution in [3.05, 3.63) is 52.0 Å². The van der Waals surface area contributed by atoms with E-state index in [2.05, 4.69) is 36.3 Å². The summed E-state index contributed by atoms with van der Waals surface area (Å²) >= 11 is 1.73. The molecule has 0 aliphatic rings. The number of aromatic amines is 1. The number of carbonyl (C=O) groups excluding carboxylic acids is 1. The molecule has 22 heavy (non-hydrogen) atoms. The number of benzene rings is 1. The number of amides is 1. The Morgan fingerprint density at radius 1 is 1.32 bits per heavy atom. The summed E-state index contributed by atoms with van der Waals surface area (Å²) in [6.07, 6.45) is 0.777. The van der Waals surface area contributed by atoms with Gasteiger partial charge in [0, 0.05) is 43.1 Å².